The van der Waals surface area contributed by atoms with E-state index in [1.807, 2.05) is 37.6 Å². The first kappa shape index (κ1) is 16.8. The quantitative estimate of drug-likeness (QED) is 0.802. The molecule has 0 saturated heterocycles. The van der Waals surface area contributed by atoms with Crippen molar-refractivity contribution in [2.45, 2.75) is 33.7 Å². The molecular weight excluding hydrogens is 294 g/mol. The summed E-state index contributed by atoms with van der Waals surface area (Å²) in [6, 6.07) is 5.35. The van der Waals surface area contributed by atoms with Gasteiger partial charge in [0.2, 0.25) is 0 Å². The summed E-state index contributed by atoms with van der Waals surface area (Å²) in [4.78, 5) is 16.2. The summed E-state index contributed by atoms with van der Waals surface area (Å²) >= 11 is 0. The molecule has 0 aliphatic carbocycles. The molecular formula is C16H23N5O2. The number of methoxy groups -OCH3 is 1. The minimum atomic E-state index is -0.297. The van der Waals surface area contributed by atoms with Crippen LogP contribution in [-0.2, 0) is 6.54 Å². The number of pyridine rings is 1. The Morgan fingerprint density at radius 2 is 2.04 bits per heavy atom. The number of hydrogen-bond donors (Lipinski definition) is 2. The van der Waals surface area contributed by atoms with Crippen molar-refractivity contribution in [1.82, 2.24) is 20.1 Å². The monoisotopic (exact) mass is 317 g/mol. The maximum atomic E-state index is 11.9. The molecule has 124 valence electrons. The van der Waals surface area contributed by atoms with E-state index in [2.05, 4.69) is 20.7 Å². The Labute approximate surface area is 136 Å². The van der Waals surface area contributed by atoms with Gasteiger partial charge in [-0.15, -0.1) is 0 Å². The SMILES string of the molecule is COc1ccc(C)nc1NC(=O)NCCCn1nc(C)cc1C. The number of rotatable bonds is 6. The molecule has 2 amide bonds. The van der Waals surface area contributed by atoms with Gasteiger partial charge in [-0.3, -0.25) is 10.00 Å². The highest BCUT2D eigenvalue weighted by molar-refractivity contribution is 5.89. The van der Waals surface area contributed by atoms with E-state index in [1.165, 1.54) is 0 Å². The highest BCUT2D eigenvalue weighted by atomic mass is 16.5. The lowest BCUT2D eigenvalue weighted by Gasteiger charge is -2.11. The van der Waals surface area contributed by atoms with Crippen molar-refractivity contribution in [2.24, 2.45) is 0 Å². The molecule has 7 heteroatoms. The van der Waals surface area contributed by atoms with Crippen LogP contribution in [0.2, 0.25) is 0 Å². The summed E-state index contributed by atoms with van der Waals surface area (Å²) in [6.45, 7) is 7.18. The van der Waals surface area contributed by atoms with Gasteiger partial charge in [0.05, 0.1) is 12.8 Å². The van der Waals surface area contributed by atoms with Crippen molar-refractivity contribution < 1.29 is 9.53 Å². The highest BCUT2D eigenvalue weighted by Crippen LogP contribution is 2.21. The third kappa shape index (κ3) is 4.70. The number of carbonyl (C=O) groups is 1. The first-order valence-electron chi connectivity index (χ1n) is 7.57. The third-order valence-electron chi connectivity index (χ3n) is 3.38. The number of carbonyl (C=O) groups excluding carboxylic acids is 1. The van der Waals surface area contributed by atoms with E-state index in [-0.39, 0.29) is 6.03 Å². The Morgan fingerprint density at radius 3 is 2.70 bits per heavy atom. The fourth-order valence-electron chi connectivity index (χ4n) is 2.28. The van der Waals surface area contributed by atoms with Crippen LogP contribution in [-0.4, -0.2) is 34.5 Å². The number of amides is 2. The second kappa shape index (κ2) is 7.62. The first-order valence-corrected chi connectivity index (χ1v) is 7.57. The summed E-state index contributed by atoms with van der Waals surface area (Å²) in [6.07, 6.45) is 0.799. The molecule has 0 atom stereocenters. The van der Waals surface area contributed by atoms with Crippen molar-refractivity contribution in [2.75, 3.05) is 19.0 Å². The molecule has 2 N–H and O–H groups in total. The number of aromatic nitrogens is 3. The van der Waals surface area contributed by atoms with Gasteiger partial charge >= 0.3 is 6.03 Å². The van der Waals surface area contributed by atoms with Gasteiger partial charge in [-0.05, 0) is 45.4 Å². The lowest BCUT2D eigenvalue weighted by Crippen LogP contribution is -2.30. The standard InChI is InChI=1S/C16H23N5O2/c1-11-6-7-14(23-4)15(18-11)19-16(22)17-8-5-9-21-13(3)10-12(2)20-21/h6-7,10H,5,8-9H2,1-4H3,(H2,17,18,19,22). The second-order valence-corrected chi connectivity index (χ2v) is 5.39. The van der Waals surface area contributed by atoms with Crippen molar-refractivity contribution >= 4 is 11.8 Å². The Balaban J connectivity index is 1.79. The Bertz CT molecular complexity index is 681. The molecule has 0 bridgehead atoms. The number of aryl methyl sites for hydroxylation is 4. The van der Waals surface area contributed by atoms with Gasteiger partial charge < -0.3 is 10.1 Å². The maximum absolute atomic E-state index is 11.9. The van der Waals surface area contributed by atoms with Crippen LogP contribution in [0.1, 0.15) is 23.5 Å². The molecule has 0 aliphatic rings. The van der Waals surface area contributed by atoms with Crippen LogP contribution >= 0.6 is 0 Å². The van der Waals surface area contributed by atoms with E-state index in [0.29, 0.717) is 18.1 Å². The summed E-state index contributed by atoms with van der Waals surface area (Å²) in [5, 5.41) is 9.91. The largest absolute Gasteiger partial charge is 0.493 e. The van der Waals surface area contributed by atoms with Crippen LogP contribution in [0.25, 0.3) is 0 Å². The summed E-state index contributed by atoms with van der Waals surface area (Å²) in [7, 11) is 1.55. The number of nitrogens with one attached hydrogen (secondary N) is 2. The molecule has 0 aliphatic heterocycles. The zero-order chi connectivity index (χ0) is 16.8. The molecule has 2 aromatic rings. The highest BCUT2D eigenvalue weighted by Gasteiger charge is 2.09. The van der Waals surface area contributed by atoms with E-state index in [9.17, 15) is 4.79 Å². The van der Waals surface area contributed by atoms with E-state index in [1.54, 1.807) is 13.2 Å². The van der Waals surface area contributed by atoms with Crippen LogP contribution in [0.15, 0.2) is 18.2 Å². The lowest BCUT2D eigenvalue weighted by molar-refractivity contribution is 0.251. The average molecular weight is 317 g/mol. The molecule has 0 fully saturated rings. The predicted molar refractivity (Wildman–Crippen MR) is 88.9 cm³/mol. The Hall–Kier alpha value is -2.57. The minimum absolute atomic E-state index is 0.297. The fourth-order valence-corrected chi connectivity index (χ4v) is 2.28. The molecule has 0 unspecified atom stereocenters. The smallest absolute Gasteiger partial charge is 0.320 e. The van der Waals surface area contributed by atoms with Gasteiger partial charge in [-0.25, -0.2) is 9.78 Å². The van der Waals surface area contributed by atoms with Crippen molar-refractivity contribution in [3.8, 4) is 5.75 Å². The maximum Gasteiger partial charge on any atom is 0.320 e. The lowest BCUT2D eigenvalue weighted by atomic mass is 10.3. The van der Waals surface area contributed by atoms with Crippen LogP contribution < -0.4 is 15.4 Å². The van der Waals surface area contributed by atoms with Gasteiger partial charge in [0.15, 0.2) is 11.6 Å². The number of nitrogens with zero attached hydrogens (tertiary/aromatic N) is 3. The Morgan fingerprint density at radius 1 is 1.26 bits per heavy atom. The minimum Gasteiger partial charge on any atom is -0.493 e. The fraction of sp³-hybridized carbons (Fsp3) is 0.438. The number of anilines is 1. The molecule has 0 spiro atoms. The van der Waals surface area contributed by atoms with Gasteiger partial charge in [-0.1, -0.05) is 0 Å². The second-order valence-electron chi connectivity index (χ2n) is 5.39. The van der Waals surface area contributed by atoms with Gasteiger partial charge in [0.25, 0.3) is 0 Å². The average Bonchev–Trinajstić information content (AvgIpc) is 2.82. The summed E-state index contributed by atoms with van der Waals surface area (Å²) < 4.78 is 7.13. The van der Waals surface area contributed by atoms with Crippen LogP contribution in [0.5, 0.6) is 5.75 Å². The van der Waals surface area contributed by atoms with Gasteiger partial charge in [0, 0.05) is 24.5 Å². The van der Waals surface area contributed by atoms with Crippen LogP contribution in [0, 0.1) is 20.8 Å². The summed E-state index contributed by atoms with van der Waals surface area (Å²) in [5.74, 6) is 0.955. The van der Waals surface area contributed by atoms with Crippen LogP contribution in [0.4, 0.5) is 10.6 Å². The van der Waals surface area contributed by atoms with E-state index in [4.69, 9.17) is 4.74 Å². The third-order valence-corrected chi connectivity index (χ3v) is 3.38. The molecule has 0 saturated carbocycles. The molecule has 2 heterocycles. The van der Waals surface area contributed by atoms with Gasteiger partial charge in [0.1, 0.15) is 0 Å². The van der Waals surface area contributed by atoms with Crippen molar-refractivity contribution in [3.05, 3.63) is 35.3 Å². The number of hydrogen-bond acceptors (Lipinski definition) is 4. The van der Waals surface area contributed by atoms with E-state index >= 15 is 0 Å². The zero-order valence-corrected chi connectivity index (χ0v) is 14.0. The number of urea groups is 1. The molecule has 2 rings (SSSR count). The summed E-state index contributed by atoms with van der Waals surface area (Å²) in [5.41, 5.74) is 2.94. The molecule has 23 heavy (non-hydrogen) atoms. The zero-order valence-electron chi connectivity index (χ0n) is 14.0. The van der Waals surface area contributed by atoms with E-state index in [0.717, 1.165) is 30.0 Å². The normalized spacial score (nSPS) is 10.4. The molecule has 7 nitrogen and oxygen atoms in total. The molecule has 0 radical (unpaired) electrons. The first-order chi connectivity index (χ1) is 11.0. The van der Waals surface area contributed by atoms with Crippen molar-refractivity contribution in [3.63, 3.8) is 0 Å². The Kier molecular flexibility index (Phi) is 5.56. The van der Waals surface area contributed by atoms with E-state index < -0.39 is 0 Å². The van der Waals surface area contributed by atoms with Crippen molar-refractivity contribution in [1.29, 1.82) is 0 Å². The molecule has 2 aromatic heterocycles. The number of ether oxygens (including phenoxy) is 1. The van der Waals surface area contributed by atoms with Gasteiger partial charge in [-0.2, -0.15) is 5.10 Å². The molecule has 0 aromatic carbocycles. The van der Waals surface area contributed by atoms with Crippen LogP contribution in [0.3, 0.4) is 0 Å². The topological polar surface area (TPSA) is 81.1 Å². The predicted octanol–water partition coefficient (Wildman–Crippen LogP) is 2.42.